The van der Waals surface area contributed by atoms with E-state index in [9.17, 15) is 14.9 Å². The summed E-state index contributed by atoms with van der Waals surface area (Å²) in [6.07, 6.45) is 0.774. The summed E-state index contributed by atoms with van der Waals surface area (Å²) in [6.45, 7) is 3.90. The number of carbonyl (C=O) groups excluding carboxylic acids is 1. The molecule has 1 amide bonds. The highest BCUT2D eigenvalue weighted by atomic mass is 16.6. The lowest BCUT2D eigenvalue weighted by molar-refractivity contribution is -0.385. The predicted molar refractivity (Wildman–Crippen MR) is 57.2 cm³/mol. The van der Waals surface area contributed by atoms with Crippen LogP contribution >= 0.6 is 0 Å². The van der Waals surface area contributed by atoms with Crippen molar-refractivity contribution in [2.45, 2.75) is 20.3 Å². The van der Waals surface area contributed by atoms with Gasteiger partial charge < -0.3 is 5.32 Å². The molecule has 7 heteroatoms. The Kier molecular flexibility index (Phi) is 3.60. The van der Waals surface area contributed by atoms with Gasteiger partial charge >= 0.3 is 5.69 Å². The Hall–Kier alpha value is -1.92. The van der Waals surface area contributed by atoms with E-state index in [0.717, 1.165) is 6.42 Å². The molecule has 0 aliphatic carbocycles. The first-order valence-corrected chi connectivity index (χ1v) is 4.95. The molecular formula is C9H14N4O3. The van der Waals surface area contributed by atoms with E-state index < -0.39 is 10.8 Å². The van der Waals surface area contributed by atoms with E-state index in [1.807, 2.05) is 6.92 Å². The summed E-state index contributed by atoms with van der Waals surface area (Å²) in [6, 6.07) is 0. The Labute approximate surface area is 92.6 Å². The second kappa shape index (κ2) is 4.73. The molecule has 0 aliphatic rings. The van der Waals surface area contributed by atoms with Crippen molar-refractivity contribution in [1.29, 1.82) is 0 Å². The van der Waals surface area contributed by atoms with Crippen LogP contribution in [0.1, 0.15) is 29.5 Å². The van der Waals surface area contributed by atoms with Crippen LogP contribution in [-0.4, -0.2) is 27.2 Å². The summed E-state index contributed by atoms with van der Waals surface area (Å²) in [7, 11) is 1.51. The van der Waals surface area contributed by atoms with Gasteiger partial charge in [-0.3, -0.25) is 19.6 Å². The maximum Gasteiger partial charge on any atom is 0.322 e. The monoisotopic (exact) mass is 226 g/mol. The van der Waals surface area contributed by atoms with Crippen LogP contribution in [0, 0.1) is 17.0 Å². The van der Waals surface area contributed by atoms with Gasteiger partial charge in [0, 0.05) is 13.6 Å². The van der Waals surface area contributed by atoms with Gasteiger partial charge in [-0.15, -0.1) is 0 Å². The van der Waals surface area contributed by atoms with Crippen LogP contribution in [0.5, 0.6) is 0 Å². The molecule has 88 valence electrons. The van der Waals surface area contributed by atoms with Gasteiger partial charge in [0.15, 0.2) is 0 Å². The molecule has 1 N–H and O–H groups in total. The summed E-state index contributed by atoms with van der Waals surface area (Å²) in [4.78, 5) is 21.9. The maximum absolute atomic E-state index is 11.7. The smallest absolute Gasteiger partial charge is 0.322 e. The van der Waals surface area contributed by atoms with Gasteiger partial charge in [-0.25, -0.2) is 0 Å². The molecule has 16 heavy (non-hydrogen) atoms. The first-order chi connectivity index (χ1) is 7.49. The third kappa shape index (κ3) is 2.18. The summed E-state index contributed by atoms with van der Waals surface area (Å²) < 4.78 is 1.23. The van der Waals surface area contributed by atoms with Gasteiger partial charge in [-0.1, -0.05) is 6.92 Å². The van der Waals surface area contributed by atoms with E-state index in [0.29, 0.717) is 6.54 Å². The third-order valence-electron chi connectivity index (χ3n) is 2.12. The van der Waals surface area contributed by atoms with E-state index in [-0.39, 0.29) is 17.1 Å². The standard InChI is InChI=1S/C9H14N4O3/c1-4-5-10-9(14)8-7(13(15)16)6(2)11-12(8)3/h4-5H2,1-3H3,(H,10,14). The molecule has 0 atom stereocenters. The fourth-order valence-corrected chi connectivity index (χ4v) is 1.44. The van der Waals surface area contributed by atoms with Crippen LogP contribution in [0.3, 0.4) is 0 Å². The quantitative estimate of drug-likeness (QED) is 0.606. The van der Waals surface area contributed by atoms with Crippen LogP contribution in [0.15, 0.2) is 0 Å². The maximum atomic E-state index is 11.7. The minimum absolute atomic E-state index is 0.00375. The molecule has 0 aromatic carbocycles. The molecule has 0 unspecified atom stereocenters. The van der Waals surface area contributed by atoms with E-state index in [2.05, 4.69) is 10.4 Å². The zero-order chi connectivity index (χ0) is 12.3. The van der Waals surface area contributed by atoms with Crippen LogP contribution in [0.25, 0.3) is 0 Å². The number of nitrogens with zero attached hydrogens (tertiary/aromatic N) is 3. The lowest BCUT2D eigenvalue weighted by Gasteiger charge is -2.02. The SMILES string of the molecule is CCCNC(=O)c1c([N+](=O)[O-])c(C)nn1C. The lowest BCUT2D eigenvalue weighted by Crippen LogP contribution is -2.26. The molecule has 1 aromatic rings. The van der Waals surface area contributed by atoms with Crippen molar-refractivity contribution < 1.29 is 9.72 Å². The lowest BCUT2D eigenvalue weighted by atomic mass is 10.3. The Morgan fingerprint density at radius 1 is 1.62 bits per heavy atom. The number of hydrogen-bond acceptors (Lipinski definition) is 4. The minimum atomic E-state index is -0.580. The van der Waals surface area contributed by atoms with Crippen molar-refractivity contribution in [3.8, 4) is 0 Å². The van der Waals surface area contributed by atoms with Gasteiger partial charge in [-0.2, -0.15) is 5.10 Å². The Morgan fingerprint density at radius 3 is 2.75 bits per heavy atom. The number of nitrogens with one attached hydrogen (secondary N) is 1. The minimum Gasteiger partial charge on any atom is -0.350 e. The topological polar surface area (TPSA) is 90.1 Å². The average molecular weight is 226 g/mol. The number of amides is 1. The molecule has 0 aliphatic heterocycles. The highest BCUT2D eigenvalue weighted by molar-refractivity contribution is 5.96. The summed E-state index contributed by atoms with van der Waals surface area (Å²) in [5.74, 6) is -0.461. The van der Waals surface area contributed by atoms with Crippen molar-refractivity contribution >= 4 is 11.6 Å². The number of nitro groups is 1. The first kappa shape index (κ1) is 12.2. The fourth-order valence-electron chi connectivity index (χ4n) is 1.44. The number of hydrogen-bond donors (Lipinski definition) is 1. The largest absolute Gasteiger partial charge is 0.350 e. The molecule has 0 saturated heterocycles. The molecule has 0 spiro atoms. The molecule has 0 bridgehead atoms. The van der Waals surface area contributed by atoms with Gasteiger partial charge in [-0.05, 0) is 13.3 Å². The van der Waals surface area contributed by atoms with E-state index in [1.54, 1.807) is 0 Å². The second-order valence-corrected chi connectivity index (χ2v) is 3.42. The van der Waals surface area contributed by atoms with Crippen molar-refractivity contribution in [1.82, 2.24) is 15.1 Å². The summed E-state index contributed by atoms with van der Waals surface area (Å²) in [5.41, 5.74) is 0.0150. The Balaban J connectivity index is 3.11. The average Bonchev–Trinajstić information content (AvgIpc) is 2.50. The van der Waals surface area contributed by atoms with E-state index >= 15 is 0 Å². The number of carbonyl (C=O) groups is 1. The molecule has 1 aromatic heterocycles. The van der Waals surface area contributed by atoms with Gasteiger partial charge in [0.1, 0.15) is 5.69 Å². The van der Waals surface area contributed by atoms with Crippen molar-refractivity contribution in [3.05, 3.63) is 21.5 Å². The molecule has 0 fully saturated rings. The van der Waals surface area contributed by atoms with Crippen molar-refractivity contribution in [2.24, 2.45) is 7.05 Å². The number of aryl methyl sites for hydroxylation is 2. The van der Waals surface area contributed by atoms with Crippen LogP contribution in [0.4, 0.5) is 5.69 Å². The summed E-state index contributed by atoms with van der Waals surface area (Å²) >= 11 is 0. The number of rotatable bonds is 4. The second-order valence-electron chi connectivity index (χ2n) is 3.42. The Bertz CT molecular complexity index is 425. The predicted octanol–water partition coefficient (Wildman–Crippen LogP) is 0.777. The van der Waals surface area contributed by atoms with E-state index in [4.69, 9.17) is 0 Å². The summed E-state index contributed by atoms with van der Waals surface area (Å²) in [5, 5.41) is 17.3. The van der Waals surface area contributed by atoms with E-state index in [1.165, 1.54) is 18.7 Å². The van der Waals surface area contributed by atoms with Gasteiger partial charge in [0.25, 0.3) is 5.91 Å². The third-order valence-corrected chi connectivity index (χ3v) is 2.12. The van der Waals surface area contributed by atoms with Crippen LogP contribution < -0.4 is 5.32 Å². The highest BCUT2D eigenvalue weighted by Crippen LogP contribution is 2.21. The van der Waals surface area contributed by atoms with Crippen LogP contribution in [0.2, 0.25) is 0 Å². The first-order valence-electron chi connectivity index (χ1n) is 4.95. The molecule has 1 rings (SSSR count). The van der Waals surface area contributed by atoms with Crippen molar-refractivity contribution in [3.63, 3.8) is 0 Å². The Morgan fingerprint density at radius 2 is 2.25 bits per heavy atom. The van der Waals surface area contributed by atoms with Crippen molar-refractivity contribution in [2.75, 3.05) is 6.54 Å². The van der Waals surface area contributed by atoms with Gasteiger partial charge in [0.2, 0.25) is 5.69 Å². The molecule has 7 nitrogen and oxygen atoms in total. The zero-order valence-electron chi connectivity index (χ0n) is 9.48. The van der Waals surface area contributed by atoms with Gasteiger partial charge in [0.05, 0.1) is 4.92 Å². The molecular weight excluding hydrogens is 212 g/mol. The molecule has 0 saturated carbocycles. The molecule has 1 heterocycles. The fraction of sp³-hybridized carbons (Fsp3) is 0.556. The number of aromatic nitrogens is 2. The normalized spacial score (nSPS) is 10.2. The van der Waals surface area contributed by atoms with Crippen LogP contribution in [-0.2, 0) is 7.05 Å². The highest BCUT2D eigenvalue weighted by Gasteiger charge is 2.28. The molecule has 0 radical (unpaired) electrons. The zero-order valence-corrected chi connectivity index (χ0v) is 9.48.